The van der Waals surface area contributed by atoms with Gasteiger partial charge in [0.15, 0.2) is 11.5 Å². The van der Waals surface area contributed by atoms with Gasteiger partial charge in [-0.2, -0.15) is 0 Å². The number of esters is 1. The number of ether oxygens (including phenoxy) is 3. The van der Waals surface area contributed by atoms with Crippen molar-refractivity contribution in [1.82, 2.24) is 4.90 Å². The molecule has 1 aromatic carbocycles. The van der Waals surface area contributed by atoms with Crippen LogP contribution in [-0.2, 0) is 16.1 Å². The summed E-state index contributed by atoms with van der Waals surface area (Å²) >= 11 is 0. The molecule has 1 atom stereocenters. The van der Waals surface area contributed by atoms with Gasteiger partial charge in [-0.1, -0.05) is 6.07 Å². The Bertz CT molecular complexity index is 503. The van der Waals surface area contributed by atoms with E-state index in [1.54, 1.807) is 14.2 Å². The first-order chi connectivity index (χ1) is 10.7. The minimum atomic E-state index is -0.113. The van der Waals surface area contributed by atoms with Crippen molar-refractivity contribution in [3.8, 4) is 11.5 Å². The Labute approximate surface area is 132 Å². The number of hydrogen-bond acceptors (Lipinski definition) is 5. The predicted octanol–water partition coefficient (Wildman–Crippen LogP) is 2.48. The number of hydrogen-bond donors (Lipinski definition) is 0. The average molecular weight is 307 g/mol. The summed E-state index contributed by atoms with van der Waals surface area (Å²) in [6.45, 7) is 3.00. The molecule has 5 heteroatoms. The largest absolute Gasteiger partial charge is 0.493 e. The van der Waals surface area contributed by atoms with Crippen LogP contribution < -0.4 is 9.47 Å². The van der Waals surface area contributed by atoms with Crippen LogP contribution in [0.3, 0.4) is 0 Å². The normalized spacial score (nSPS) is 18.2. The van der Waals surface area contributed by atoms with Gasteiger partial charge in [-0.05, 0) is 43.0 Å². The van der Waals surface area contributed by atoms with Crippen LogP contribution in [0.5, 0.6) is 11.5 Å². The fourth-order valence-electron chi connectivity index (χ4n) is 2.95. The van der Waals surface area contributed by atoms with Crippen molar-refractivity contribution in [2.45, 2.75) is 25.8 Å². The average Bonchev–Trinajstić information content (AvgIpc) is 2.99. The van der Waals surface area contributed by atoms with E-state index in [-0.39, 0.29) is 5.97 Å². The molecule has 1 heterocycles. The van der Waals surface area contributed by atoms with Gasteiger partial charge in [-0.15, -0.1) is 0 Å². The highest BCUT2D eigenvalue weighted by Gasteiger charge is 2.23. The number of likely N-dealkylation sites (tertiary alicyclic amines) is 1. The van der Waals surface area contributed by atoms with E-state index >= 15 is 0 Å². The molecule has 1 aliphatic heterocycles. The van der Waals surface area contributed by atoms with Crippen LogP contribution in [-0.4, -0.2) is 45.3 Å². The minimum Gasteiger partial charge on any atom is -0.493 e. The van der Waals surface area contributed by atoms with Crippen molar-refractivity contribution in [1.29, 1.82) is 0 Å². The van der Waals surface area contributed by atoms with E-state index in [2.05, 4.69) is 11.0 Å². The molecule has 1 unspecified atom stereocenters. The zero-order valence-corrected chi connectivity index (χ0v) is 13.6. The van der Waals surface area contributed by atoms with E-state index in [0.717, 1.165) is 44.0 Å². The van der Waals surface area contributed by atoms with Crippen LogP contribution in [0, 0.1) is 5.92 Å². The van der Waals surface area contributed by atoms with E-state index in [1.165, 1.54) is 12.7 Å². The minimum absolute atomic E-state index is 0.113. The van der Waals surface area contributed by atoms with E-state index in [4.69, 9.17) is 14.2 Å². The van der Waals surface area contributed by atoms with Crippen LogP contribution in [0.15, 0.2) is 18.2 Å². The standard InChI is InChI=1S/C17H25NO4/c1-20-15-6-4-14(10-16(15)21-2)12-18-9-8-13(11-18)5-7-17(19)22-3/h4,6,10,13H,5,7-9,11-12H2,1-3H3. The smallest absolute Gasteiger partial charge is 0.305 e. The second kappa shape index (κ2) is 8.03. The first kappa shape index (κ1) is 16.6. The molecule has 22 heavy (non-hydrogen) atoms. The zero-order chi connectivity index (χ0) is 15.9. The predicted molar refractivity (Wildman–Crippen MR) is 84.2 cm³/mol. The Morgan fingerprint density at radius 2 is 2.00 bits per heavy atom. The lowest BCUT2D eigenvalue weighted by molar-refractivity contribution is -0.140. The summed E-state index contributed by atoms with van der Waals surface area (Å²) in [7, 11) is 4.74. The molecule has 0 aliphatic carbocycles. The number of nitrogens with zero attached hydrogens (tertiary/aromatic N) is 1. The van der Waals surface area contributed by atoms with Crippen molar-refractivity contribution in [3.63, 3.8) is 0 Å². The second-order valence-electron chi connectivity index (χ2n) is 5.69. The number of carbonyl (C=O) groups is 1. The summed E-state index contributed by atoms with van der Waals surface area (Å²) in [5.41, 5.74) is 1.21. The molecule has 122 valence electrons. The van der Waals surface area contributed by atoms with Gasteiger partial charge in [0.05, 0.1) is 21.3 Å². The Morgan fingerprint density at radius 3 is 2.68 bits per heavy atom. The molecule has 1 aliphatic rings. The summed E-state index contributed by atoms with van der Waals surface area (Å²) in [6, 6.07) is 6.04. The van der Waals surface area contributed by atoms with Gasteiger partial charge in [-0.3, -0.25) is 9.69 Å². The van der Waals surface area contributed by atoms with Crippen LogP contribution >= 0.6 is 0 Å². The van der Waals surface area contributed by atoms with Gasteiger partial charge < -0.3 is 14.2 Å². The van der Waals surface area contributed by atoms with E-state index in [9.17, 15) is 4.79 Å². The highest BCUT2D eigenvalue weighted by Crippen LogP contribution is 2.29. The first-order valence-corrected chi connectivity index (χ1v) is 7.66. The van der Waals surface area contributed by atoms with Crippen molar-refractivity contribution in [2.75, 3.05) is 34.4 Å². The number of benzene rings is 1. The lowest BCUT2D eigenvalue weighted by Crippen LogP contribution is -2.20. The SMILES string of the molecule is COC(=O)CCC1CCN(Cc2ccc(OC)c(OC)c2)C1. The van der Waals surface area contributed by atoms with Crippen molar-refractivity contribution in [3.05, 3.63) is 23.8 Å². The molecule has 0 saturated carbocycles. The monoisotopic (exact) mass is 307 g/mol. The summed E-state index contributed by atoms with van der Waals surface area (Å²) in [5, 5.41) is 0. The van der Waals surface area contributed by atoms with Gasteiger partial charge in [0, 0.05) is 19.5 Å². The third-order valence-corrected chi connectivity index (χ3v) is 4.21. The van der Waals surface area contributed by atoms with Crippen LogP contribution in [0.25, 0.3) is 0 Å². The van der Waals surface area contributed by atoms with Gasteiger partial charge >= 0.3 is 5.97 Å². The summed E-state index contributed by atoms with van der Waals surface area (Å²) in [4.78, 5) is 13.6. The molecule has 0 aromatic heterocycles. The fraction of sp³-hybridized carbons (Fsp3) is 0.588. The van der Waals surface area contributed by atoms with Gasteiger partial charge in [0.1, 0.15) is 0 Å². The topological polar surface area (TPSA) is 48.0 Å². The molecule has 1 aromatic rings. The second-order valence-corrected chi connectivity index (χ2v) is 5.69. The Balaban J connectivity index is 1.86. The molecular weight excluding hydrogens is 282 g/mol. The molecule has 0 amide bonds. The Morgan fingerprint density at radius 1 is 1.23 bits per heavy atom. The fourth-order valence-corrected chi connectivity index (χ4v) is 2.95. The number of carbonyl (C=O) groups excluding carboxylic acids is 1. The molecule has 0 bridgehead atoms. The Kier molecular flexibility index (Phi) is 6.07. The maximum absolute atomic E-state index is 11.2. The van der Waals surface area contributed by atoms with E-state index in [0.29, 0.717) is 12.3 Å². The summed E-state index contributed by atoms with van der Waals surface area (Å²) in [6.07, 6.45) is 2.57. The molecule has 0 radical (unpaired) electrons. The van der Waals surface area contributed by atoms with Gasteiger partial charge in [0.2, 0.25) is 0 Å². The molecular formula is C17H25NO4. The molecule has 1 saturated heterocycles. The number of rotatable bonds is 7. The molecule has 1 fully saturated rings. The third kappa shape index (κ3) is 4.37. The number of methoxy groups -OCH3 is 3. The van der Waals surface area contributed by atoms with Gasteiger partial charge in [0.25, 0.3) is 0 Å². The van der Waals surface area contributed by atoms with Crippen LogP contribution in [0.2, 0.25) is 0 Å². The molecule has 0 spiro atoms. The summed E-state index contributed by atoms with van der Waals surface area (Å²) < 4.78 is 15.3. The highest BCUT2D eigenvalue weighted by atomic mass is 16.5. The molecule has 0 N–H and O–H groups in total. The van der Waals surface area contributed by atoms with E-state index in [1.807, 2.05) is 12.1 Å². The third-order valence-electron chi connectivity index (χ3n) is 4.21. The maximum atomic E-state index is 11.2. The molecule has 2 rings (SSSR count). The van der Waals surface area contributed by atoms with Crippen molar-refractivity contribution in [2.24, 2.45) is 5.92 Å². The zero-order valence-electron chi connectivity index (χ0n) is 13.6. The van der Waals surface area contributed by atoms with Crippen LogP contribution in [0.4, 0.5) is 0 Å². The Hall–Kier alpha value is -1.75. The maximum Gasteiger partial charge on any atom is 0.305 e. The molecule has 5 nitrogen and oxygen atoms in total. The summed E-state index contributed by atoms with van der Waals surface area (Å²) in [5.74, 6) is 1.99. The van der Waals surface area contributed by atoms with Gasteiger partial charge in [-0.25, -0.2) is 0 Å². The quantitative estimate of drug-likeness (QED) is 0.724. The first-order valence-electron chi connectivity index (χ1n) is 7.66. The van der Waals surface area contributed by atoms with E-state index < -0.39 is 0 Å². The lowest BCUT2D eigenvalue weighted by Gasteiger charge is -2.17. The highest BCUT2D eigenvalue weighted by molar-refractivity contribution is 5.69. The van der Waals surface area contributed by atoms with Crippen molar-refractivity contribution >= 4 is 5.97 Å². The van der Waals surface area contributed by atoms with Crippen LogP contribution in [0.1, 0.15) is 24.8 Å². The lowest BCUT2D eigenvalue weighted by atomic mass is 10.0. The van der Waals surface area contributed by atoms with Crippen molar-refractivity contribution < 1.29 is 19.0 Å².